The molecule has 1 aliphatic rings. The van der Waals surface area contributed by atoms with Gasteiger partial charge in [-0.3, -0.25) is 9.69 Å². The molecule has 2 rings (SSSR count). The predicted molar refractivity (Wildman–Crippen MR) is 81.0 cm³/mol. The van der Waals surface area contributed by atoms with Gasteiger partial charge in [-0.25, -0.2) is 14.0 Å². The van der Waals surface area contributed by atoms with Gasteiger partial charge in [0.05, 0.1) is 11.6 Å². The molecule has 3 N–H and O–H groups in total. The molecule has 1 aliphatic heterocycles. The number of halogens is 2. The molecule has 0 spiro atoms. The molecule has 1 fully saturated rings. The Bertz CT molecular complexity index is 579. The highest BCUT2D eigenvalue weighted by molar-refractivity contribution is 6.31. The van der Waals surface area contributed by atoms with Gasteiger partial charge in [0.25, 0.3) is 0 Å². The van der Waals surface area contributed by atoms with Crippen molar-refractivity contribution in [2.45, 2.75) is 12.8 Å². The van der Waals surface area contributed by atoms with Gasteiger partial charge < -0.3 is 15.5 Å². The van der Waals surface area contributed by atoms with Crippen molar-refractivity contribution in [2.24, 2.45) is 0 Å². The van der Waals surface area contributed by atoms with Crippen LogP contribution in [0, 0.1) is 5.82 Å². The lowest BCUT2D eigenvalue weighted by molar-refractivity contribution is -0.159. The number of amides is 1. The lowest BCUT2D eigenvalue weighted by Gasteiger charge is -2.14. The Hall–Kier alpha value is -2.19. The van der Waals surface area contributed by atoms with Crippen molar-refractivity contribution in [1.29, 1.82) is 0 Å². The standard InChI is InChI=1S/C12H14ClFN2O.C2H2O4/c13-10-7-9(3-4-11(10)14)15-12(17)8-16-5-1-2-6-16;3-1(4)2(5)6/h3-4,7H,1-2,5-6,8H2,(H,15,17);(H,3,4)(H,5,6). The van der Waals surface area contributed by atoms with Gasteiger partial charge in [0.15, 0.2) is 0 Å². The zero-order valence-corrected chi connectivity index (χ0v) is 12.8. The number of benzene rings is 1. The van der Waals surface area contributed by atoms with Crippen LogP contribution >= 0.6 is 11.6 Å². The van der Waals surface area contributed by atoms with Gasteiger partial charge in [-0.2, -0.15) is 0 Å². The van der Waals surface area contributed by atoms with Crippen LogP contribution in [0.4, 0.5) is 10.1 Å². The molecule has 0 unspecified atom stereocenters. The molecule has 1 heterocycles. The number of hydrogen-bond acceptors (Lipinski definition) is 4. The largest absolute Gasteiger partial charge is 0.473 e. The molecule has 9 heteroatoms. The van der Waals surface area contributed by atoms with Crippen LogP contribution in [0.2, 0.25) is 5.02 Å². The molecule has 1 aromatic carbocycles. The molecule has 7 nitrogen and oxygen atoms in total. The van der Waals surface area contributed by atoms with E-state index in [2.05, 4.69) is 10.2 Å². The molecule has 0 saturated carbocycles. The summed E-state index contributed by atoms with van der Waals surface area (Å²) in [4.78, 5) is 32.0. The molecule has 1 aromatic rings. The highest BCUT2D eigenvalue weighted by Gasteiger charge is 2.15. The number of hydrogen-bond donors (Lipinski definition) is 3. The van der Waals surface area contributed by atoms with E-state index in [0.29, 0.717) is 12.2 Å². The zero-order valence-electron chi connectivity index (χ0n) is 12.1. The number of carbonyl (C=O) groups is 3. The second-order valence-electron chi connectivity index (χ2n) is 4.77. The zero-order chi connectivity index (χ0) is 17.4. The third kappa shape index (κ3) is 7.07. The smallest absolute Gasteiger partial charge is 0.414 e. The van der Waals surface area contributed by atoms with Crippen molar-refractivity contribution < 1.29 is 29.0 Å². The van der Waals surface area contributed by atoms with E-state index in [0.717, 1.165) is 25.9 Å². The summed E-state index contributed by atoms with van der Waals surface area (Å²) < 4.78 is 12.9. The predicted octanol–water partition coefficient (Wildman–Crippen LogP) is 1.67. The number of rotatable bonds is 3. The first-order valence-electron chi connectivity index (χ1n) is 6.73. The van der Waals surface area contributed by atoms with Gasteiger partial charge in [0, 0.05) is 5.69 Å². The van der Waals surface area contributed by atoms with E-state index in [9.17, 15) is 9.18 Å². The maximum absolute atomic E-state index is 12.9. The summed E-state index contributed by atoms with van der Waals surface area (Å²) in [5.74, 6) is -4.22. The van der Waals surface area contributed by atoms with Gasteiger partial charge in [-0.1, -0.05) is 11.6 Å². The number of aliphatic carboxylic acids is 2. The van der Waals surface area contributed by atoms with Gasteiger partial charge in [-0.15, -0.1) is 0 Å². The average Bonchev–Trinajstić information content (AvgIpc) is 2.96. The molecule has 0 bridgehead atoms. The van der Waals surface area contributed by atoms with Crippen LogP contribution in [-0.4, -0.2) is 52.6 Å². The lowest BCUT2D eigenvalue weighted by Crippen LogP contribution is -2.30. The van der Waals surface area contributed by atoms with Gasteiger partial charge >= 0.3 is 11.9 Å². The minimum absolute atomic E-state index is 0.0176. The van der Waals surface area contributed by atoms with Crippen LogP contribution in [0.25, 0.3) is 0 Å². The second kappa shape index (κ2) is 9.06. The van der Waals surface area contributed by atoms with E-state index >= 15 is 0 Å². The van der Waals surface area contributed by atoms with Crippen molar-refractivity contribution in [3.63, 3.8) is 0 Å². The van der Waals surface area contributed by atoms with E-state index < -0.39 is 17.8 Å². The first-order chi connectivity index (χ1) is 10.8. The Kier molecular flexibility index (Phi) is 7.43. The van der Waals surface area contributed by atoms with Crippen molar-refractivity contribution >= 4 is 35.1 Å². The number of likely N-dealkylation sites (tertiary alicyclic amines) is 1. The Morgan fingerprint density at radius 1 is 1.17 bits per heavy atom. The van der Waals surface area contributed by atoms with Gasteiger partial charge in [0.2, 0.25) is 5.91 Å². The quantitative estimate of drug-likeness (QED) is 0.719. The van der Waals surface area contributed by atoms with E-state index in [1.807, 2.05) is 0 Å². The SMILES string of the molecule is O=C(CN1CCCC1)Nc1ccc(F)c(Cl)c1.O=C(O)C(=O)O. The number of nitrogens with one attached hydrogen (secondary N) is 1. The first kappa shape index (κ1) is 18.9. The third-order valence-electron chi connectivity index (χ3n) is 2.95. The van der Waals surface area contributed by atoms with Gasteiger partial charge in [0.1, 0.15) is 5.82 Å². The number of carbonyl (C=O) groups excluding carboxylic acids is 1. The van der Waals surface area contributed by atoms with E-state index in [4.69, 9.17) is 31.4 Å². The number of anilines is 1. The van der Waals surface area contributed by atoms with Crippen LogP contribution < -0.4 is 5.32 Å². The molecule has 0 aromatic heterocycles. The minimum Gasteiger partial charge on any atom is -0.473 e. The van der Waals surface area contributed by atoms with Crippen LogP contribution in [0.15, 0.2) is 18.2 Å². The van der Waals surface area contributed by atoms with E-state index in [1.54, 1.807) is 0 Å². The maximum atomic E-state index is 12.9. The van der Waals surface area contributed by atoms with Crippen molar-refractivity contribution in [3.8, 4) is 0 Å². The van der Waals surface area contributed by atoms with Gasteiger partial charge in [-0.05, 0) is 44.1 Å². The molecule has 0 radical (unpaired) electrons. The fraction of sp³-hybridized carbons (Fsp3) is 0.357. The molecule has 1 saturated heterocycles. The fourth-order valence-electron chi connectivity index (χ4n) is 1.92. The van der Waals surface area contributed by atoms with Crippen molar-refractivity contribution in [3.05, 3.63) is 29.0 Å². The monoisotopic (exact) mass is 346 g/mol. The first-order valence-corrected chi connectivity index (χ1v) is 7.11. The van der Waals surface area contributed by atoms with Crippen molar-refractivity contribution in [2.75, 3.05) is 25.0 Å². The molecular weight excluding hydrogens is 331 g/mol. The summed E-state index contributed by atoms with van der Waals surface area (Å²) in [6, 6.07) is 4.16. The molecule has 1 amide bonds. The van der Waals surface area contributed by atoms with E-state index in [1.165, 1.54) is 18.2 Å². The number of carboxylic acids is 2. The Morgan fingerprint density at radius 2 is 1.74 bits per heavy atom. The molecular formula is C14H16ClFN2O5. The second-order valence-corrected chi connectivity index (χ2v) is 5.18. The molecule has 0 atom stereocenters. The normalized spacial score (nSPS) is 13.8. The maximum Gasteiger partial charge on any atom is 0.414 e. The number of nitrogens with zero attached hydrogens (tertiary/aromatic N) is 1. The lowest BCUT2D eigenvalue weighted by atomic mass is 10.3. The van der Waals surface area contributed by atoms with Crippen LogP contribution in [0.1, 0.15) is 12.8 Å². The summed E-state index contributed by atoms with van der Waals surface area (Å²) in [5, 5.41) is 17.5. The summed E-state index contributed by atoms with van der Waals surface area (Å²) in [6.45, 7) is 2.32. The Balaban J connectivity index is 0.000000379. The molecule has 23 heavy (non-hydrogen) atoms. The van der Waals surface area contributed by atoms with Crippen LogP contribution in [0.5, 0.6) is 0 Å². The highest BCUT2D eigenvalue weighted by Crippen LogP contribution is 2.19. The number of carboxylic acid groups (broad SMARTS) is 2. The summed E-state index contributed by atoms with van der Waals surface area (Å²) in [6.07, 6.45) is 2.30. The highest BCUT2D eigenvalue weighted by atomic mass is 35.5. The summed E-state index contributed by atoms with van der Waals surface area (Å²) in [5.41, 5.74) is 0.528. The van der Waals surface area contributed by atoms with Crippen molar-refractivity contribution in [1.82, 2.24) is 4.90 Å². The Morgan fingerprint density at radius 3 is 2.22 bits per heavy atom. The van der Waals surface area contributed by atoms with Crippen LogP contribution in [-0.2, 0) is 14.4 Å². The summed E-state index contributed by atoms with van der Waals surface area (Å²) in [7, 11) is 0. The van der Waals surface area contributed by atoms with E-state index in [-0.39, 0.29) is 10.9 Å². The average molecular weight is 347 g/mol. The molecule has 126 valence electrons. The topological polar surface area (TPSA) is 107 Å². The summed E-state index contributed by atoms with van der Waals surface area (Å²) >= 11 is 5.63. The van der Waals surface area contributed by atoms with Crippen LogP contribution in [0.3, 0.4) is 0 Å². The molecule has 0 aliphatic carbocycles. The Labute approximate surface area is 136 Å². The third-order valence-corrected chi connectivity index (χ3v) is 3.24. The fourth-order valence-corrected chi connectivity index (χ4v) is 2.10. The minimum atomic E-state index is -1.82.